The molecule has 0 bridgehead atoms. The van der Waals surface area contributed by atoms with E-state index in [4.69, 9.17) is 4.74 Å². The van der Waals surface area contributed by atoms with Crippen molar-refractivity contribution >= 4 is 5.91 Å². The minimum absolute atomic E-state index is 0.192. The maximum Gasteiger partial charge on any atom is 0.269 e. The number of ether oxygens (including phenoxy) is 1. The van der Waals surface area contributed by atoms with Gasteiger partial charge in [0.25, 0.3) is 5.91 Å². The number of nitrogens with one attached hydrogen (secondary N) is 1. The first kappa shape index (κ1) is 13.0. The molecule has 1 aromatic rings. The number of aryl methyl sites for hydroxylation is 2. The molecule has 1 aromatic heterocycles. The van der Waals surface area contributed by atoms with Gasteiger partial charge in [-0.3, -0.25) is 9.48 Å². The average Bonchev–Trinajstić information content (AvgIpc) is 2.80. The molecule has 0 spiro atoms. The second-order valence-electron chi connectivity index (χ2n) is 4.84. The van der Waals surface area contributed by atoms with Crippen molar-refractivity contribution in [2.45, 2.75) is 32.0 Å². The standard InChI is InChI=1S/C12H19N3O3/c1-8-6-10(15(3)14-8)11(16)13-7-12(17)4-5-18-9(12)2/h6,9,17H,4-5,7H2,1-3H3,(H,13,16). The molecular weight excluding hydrogens is 234 g/mol. The number of hydrogen-bond donors (Lipinski definition) is 2. The number of carbonyl (C=O) groups excluding carboxylic acids is 1. The van der Waals surface area contributed by atoms with Crippen molar-refractivity contribution in [3.63, 3.8) is 0 Å². The smallest absolute Gasteiger partial charge is 0.269 e. The summed E-state index contributed by atoms with van der Waals surface area (Å²) in [6, 6.07) is 1.72. The van der Waals surface area contributed by atoms with E-state index in [0.29, 0.717) is 18.7 Å². The van der Waals surface area contributed by atoms with E-state index in [1.807, 2.05) is 13.8 Å². The Labute approximate surface area is 106 Å². The Morgan fingerprint density at radius 3 is 3.00 bits per heavy atom. The molecule has 1 fully saturated rings. The zero-order valence-electron chi connectivity index (χ0n) is 10.9. The Morgan fingerprint density at radius 2 is 2.50 bits per heavy atom. The molecule has 2 heterocycles. The highest BCUT2D eigenvalue weighted by molar-refractivity contribution is 5.92. The molecule has 100 valence electrons. The van der Waals surface area contributed by atoms with E-state index < -0.39 is 5.60 Å². The molecule has 0 aromatic carbocycles. The molecule has 1 saturated heterocycles. The van der Waals surface area contributed by atoms with Gasteiger partial charge in [0, 0.05) is 26.6 Å². The van der Waals surface area contributed by atoms with Gasteiger partial charge >= 0.3 is 0 Å². The second-order valence-corrected chi connectivity index (χ2v) is 4.84. The molecule has 6 heteroatoms. The van der Waals surface area contributed by atoms with Gasteiger partial charge in [-0.1, -0.05) is 0 Å². The van der Waals surface area contributed by atoms with E-state index in [0.717, 1.165) is 5.69 Å². The molecule has 0 aliphatic carbocycles. The summed E-state index contributed by atoms with van der Waals surface area (Å²) in [6.07, 6.45) is 0.282. The second kappa shape index (κ2) is 4.70. The van der Waals surface area contributed by atoms with Crippen LogP contribution in [0, 0.1) is 6.92 Å². The topological polar surface area (TPSA) is 76.4 Å². The van der Waals surface area contributed by atoms with Crippen LogP contribution in [0.2, 0.25) is 0 Å². The van der Waals surface area contributed by atoms with Crippen molar-refractivity contribution in [2.75, 3.05) is 13.2 Å². The number of aliphatic hydroxyl groups is 1. The zero-order valence-corrected chi connectivity index (χ0v) is 10.9. The third kappa shape index (κ3) is 2.39. The quantitative estimate of drug-likeness (QED) is 0.795. The molecule has 2 atom stereocenters. The van der Waals surface area contributed by atoms with Gasteiger partial charge in [-0.05, 0) is 19.9 Å². The summed E-state index contributed by atoms with van der Waals surface area (Å²) in [5, 5.41) is 17.1. The number of hydrogen-bond acceptors (Lipinski definition) is 4. The largest absolute Gasteiger partial charge is 0.385 e. The third-order valence-corrected chi connectivity index (χ3v) is 3.45. The minimum atomic E-state index is -0.969. The number of amides is 1. The first-order chi connectivity index (χ1) is 8.42. The zero-order chi connectivity index (χ0) is 13.3. The average molecular weight is 253 g/mol. The van der Waals surface area contributed by atoms with Crippen molar-refractivity contribution < 1.29 is 14.6 Å². The van der Waals surface area contributed by atoms with Crippen molar-refractivity contribution in [3.05, 3.63) is 17.5 Å². The fraction of sp³-hybridized carbons (Fsp3) is 0.667. The third-order valence-electron chi connectivity index (χ3n) is 3.45. The first-order valence-corrected chi connectivity index (χ1v) is 6.05. The van der Waals surface area contributed by atoms with Crippen LogP contribution in [-0.2, 0) is 11.8 Å². The number of carbonyl (C=O) groups is 1. The predicted molar refractivity (Wildman–Crippen MR) is 65.3 cm³/mol. The summed E-state index contributed by atoms with van der Waals surface area (Å²) in [5.74, 6) is -0.231. The molecule has 2 unspecified atom stereocenters. The molecule has 2 rings (SSSR count). The van der Waals surface area contributed by atoms with Gasteiger partial charge in [-0.2, -0.15) is 5.10 Å². The predicted octanol–water partition coefficient (Wildman–Crippen LogP) is -0.00178. The molecule has 18 heavy (non-hydrogen) atoms. The summed E-state index contributed by atoms with van der Waals surface area (Å²) in [6.45, 7) is 4.36. The first-order valence-electron chi connectivity index (χ1n) is 6.05. The Bertz CT molecular complexity index is 457. The maximum atomic E-state index is 12.0. The maximum absolute atomic E-state index is 12.0. The lowest BCUT2D eigenvalue weighted by Gasteiger charge is -2.26. The Kier molecular flexibility index (Phi) is 3.41. The summed E-state index contributed by atoms with van der Waals surface area (Å²) >= 11 is 0. The van der Waals surface area contributed by atoms with Gasteiger partial charge in [-0.15, -0.1) is 0 Å². The molecule has 1 amide bonds. The van der Waals surface area contributed by atoms with Gasteiger partial charge in [0.15, 0.2) is 0 Å². The Morgan fingerprint density at radius 1 is 1.78 bits per heavy atom. The fourth-order valence-electron chi connectivity index (χ4n) is 2.15. The van der Waals surface area contributed by atoms with Crippen molar-refractivity contribution in [2.24, 2.45) is 7.05 Å². The van der Waals surface area contributed by atoms with Gasteiger partial charge < -0.3 is 15.2 Å². The van der Waals surface area contributed by atoms with Crippen LogP contribution < -0.4 is 5.32 Å². The van der Waals surface area contributed by atoms with E-state index in [9.17, 15) is 9.90 Å². The van der Waals surface area contributed by atoms with Crippen LogP contribution in [0.5, 0.6) is 0 Å². The Balaban J connectivity index is 1.98. The highest BCUT2D eigenvalue weighted by Gasteiger charge is 2.39. The monoisotopic (exact) mass is 253 g/mol. The lowest BCUT2D eigenvalue weighted by atomic mass is 9.97. The van der Waals surface area contributed by atoms with Crippen LogP contribution in [0.3, 0.4) is 0 Å². The number of aromatic nitrogens is 2. The molecule has 2 N–H and O–H groups in total. The molecular formula is C12H19N3O3. The normalized spacial score (nSPS) is 27.4. The van der Waals surface area contributed by atoms with Crippen LogP contribution in [-0.4, -0.2) is 45.7 Å². The van der Waals surface area contributed by atoms with Crippen LogP contribution in [0.15, 0.2) is 6.07 Å². The summed E-state index contributed by atoms with van der Waals surface area (Å²) in [4.78, 5) is 12.0. The lowest BCUT2D eigenvalue weighted by Crippen LogP contribution is -2.47. The van der Waals surface area contributed by atoms with E-state index in [1.165, 1.54) is 4.68 Å². The van der Waals surface area contributed by atoms with E-state index in [-0.39, 0.29) is 18.6 Å². The molecule has 6 nitrogen and oxygen atoms in total. The van der Waals surface area contributed by atoms with Crippen LogP contribution in [0.4, 0.5) is 0 Å². The van der Waals surface area contributed by atoms with Gasteiger partial charge in [0.05, 0.1) is 11.8 Å². The molecule has 0 saturated carbocycles. The summed E-state index contributed by atoms with van der Waals surface area (Å²) in [7, 11) is 1.72. The van der Waals surface area contributed by atoms with Crippen molar-refractivity contribution in [1.82, 2.24) is 15.1 Å². The van der Waals surface area contributed by atoms with Crippen molar-refractivity contribution in [1.29, 1.82) is 0 Å². The highest BCUT2D eigenvalue weighted by Crippen LogP contribution is 2.24. The van der Waals surface area contributed by atoms with E-state index >= 15 is 0 Å². The fourth-order valence-corrected chi connectivity index (χ4v) is 2.15. The highest BCUT2D eigenvalue weighted by atomic mass is 16.5. The van der Waals surface area contributed by atoms with E-state index in [2.05, 4.69) is 10.4 Å². The number of rotatable bonds is 3. The molecule has 1 aliphatic rings. The molecule has 0 radical (unpaired) electrons. The number of nitrogens with zero attached hydrogens (tertiary/aromatic N) is 2. The SMILES string of the molecule is Cc1cc(C(=O)NCC2(O)CCOC2C)n(C)n1. The van der Waals surface area contributed by atoms with Crippen LogP contribution in [0.1, 0.15) is 29.5 Å². The van der Waals surface area contributed by atoms with Gasteiger partial charge in [-0.25, -0.2) is 0 Å². The van der Waals surface area contributed by atoms with Gasteiger partial charge in [0.1, 0.15) is 11.3 Å². The summed E-state index contributed by atoms with van der Waals surface area (Å²) in [5.41, 5.74) is 0.310. The summed E-state index contributed by atoms with van der Waals surface area (Å²) < 4.78 is 6.85. The van der Waals surface area contributed by atoms with Gasteiger partial charge in [0.2, 0.25) is 0 Å². The molecule has 1 aliphatic heterocycles. The lowest BCUT2D eigenvalue weighted by molar-refractivity contribution is -0.0252. The van der Waals surface area contributed by atoms with Crippen LogP contribution >= 0.6 is 0 Å². The van der Waals surface area contributed by atoms with E-state index in [1.54, 1.807) is 13.1 Å². The Hall–Kier alpha value is -1.40. The minimum Gasteiger partial charge on any atom is -0.385 e. The van der Waals surface area contributed by atoms with Crippen LogP contribution in [0.25, 0.3) is 0 Å². The van der Waals surface area contributed by atoms with Crippen molar-refractivity contribution in [3.8, 4) is 0 Å².